The van der Waals surface area contributed by atoms with E-state index in [1.54, 1.807) is 31.1 Å². The fourth-order valence-electron chi connectivity index (χ4n) is 5.15. The average molecular weight is 435 g/mol. The van der Waals surface area contributed by atoms with Gasteiger partial charge in [0.05, 0.1) is 5.41 Å². The molecule has 1 fully saturated rings. The minimum absolute atomic E-state index is 0.0249. The number of carbonyl (C=O) groups is 2. The molecule has 0 N–H and O–H groups in total. The Morgan fingerprint density at radius 3 is 2.50 bits per heavy atom. The minimum Gasteiger partial charge on any atom is -0.348 e. The van der Waals surface area contributed by atoms with Crippen LogP contribution in [0.5, 0.6) is 0 Å². The number of amides is 2. The van der Waals surface area contributed by atoms with Gasteiger partial charge in [0.1, 0.15) is 5.82 Å². The van der Waals surface area contributed by atoms with Gasteiger partial charge in [0, 0.05) is 39.2 Å². The van der Waals surface area contributed by atoms with E-state index in [1.807, 2.05) is 35.2 Å². The lowest BCUT2D eigenvalue weighted by atomic mass is 9.77. The molecule has 0 unspecified atom stereocenters. The maximum absolute atomic E-state index is 14.6. The number of hydrogen-bond donors (Lipinski definition) is 0. The molecule has 2 atom stereocenters. The summed E-state index contributed by atoms with van der Waals surface area (Å²) in [6, 6.07) is 14.4. The Morgan fingerprint density at radius 1 is 1.09 bits per heavy atom. The third-order valence-corrected chi connectivity index (χ3v) is 6.83. The first-order chi connectivity index (χ1) is 15.4. The maximum Gasteiger partial charge on any atom is 0.230 e. The molecule has 4 rings (SSSR count). The normalized spacial score (nSPS) is 22.3. The number of carbonyl (C=O) groups excluding carboxylic acids is 2. The lowest BCUT2D eigenvalue weighted by molar-refractivity contribution is -0.139. The lowest BCUT2D eigenvalue weighted by Crippen LogP contribution is -2.44. The van der Waals surface area contributed by atoms with Crippen molar-refractivity contribution in [1.29, 1.82) is 0 Å². The Bertz CT molecular complexity index is 1030. The standard InChI is InChI=1S/C27H31FN2O2/c1-29(2)26(32)27(15-16-30(19-27)25(31)17-20-9-3-4-10-20)18-21-11-5-6-12-22(21)23-13-7-8-14-24(23)28/h3,5-9,11-14,20H,4,10,15-19H2,1-2H3/t20-,27-/m0/s1. The zero-order chi connectivity index (χ0) is 22.7. The van der Waals surface area contributed by atoms with Gasteiger partial charge in [0.25, 0.3) is 0 Å². The second-order valence-electron chi connectivity index (χ2n) is 9.33. The van der Waals surface area contributed by atoms with Crippen LogP contribution in [0.3, 0.4) is 0 Å². The first kappa shape index (κ1) is 22.3. The molecule has 1 aliphatic carbocycles. The topological polar surface area (TPSA) is 40.6 Å². The van der Waals surface area contributed by atoms with Gasteiger partial charge >= 0.3 is 0 Å². The first-order valence-corrected chi connectivity index (χ1v) is 11.4. The second-order valence-corrected chi connectivity index (χ2v) is 9.33. The van der Waals surface area contributed by atoms with E-state index in [9.17, 15) is 14.0 Å². The summed E-state index contributed by atoms with van der Waals surface area (Å²) in [6.07, 6.45) is 7.93. The summed E-state index contributed by atoms with van der Waals surface area (Å²) in [7, 11) is 3.53. The van der Waals surface area contributed by atoms with Crippen LogP contribution < -0.4 is 0 Å². The number of halogens is 1. The zero-order valence-corrected chi connectivity index (χ0v) is 18.9. The monoisotopic (exact) mass is 434 g/mol. The molecule has 0 aromatic heterocycles. The van der Waals surface area contributed by atoms with Crippen LogP contribution in [-0.4, -0.2) is 48.8 Å². The number of rotatable bonds is 6. The minimum atomic E-state index is -0.702. The molecule has 32 heavy (non-hydrogen) atoms. The van der Waals surface area contributed by atoms with Crippen molar-refractivity contribution in [3.05, 3.63) is 72.1 Å². The van der Waals surface area contributed by atoms with Crippen molar-refractivity contribution in [3.8, 4) is 11.1 Å². The van der Waals surface area contributed by atoms with Gasteiger partial charge in [-0.3, -0.25) is 9.59 Å². The number of nitrogens with zero attached hydrogens (tertiary/aromatic N) is 2. The molecule has 1 saturated heterocycles. The molecule has 2 aliphatic rings. The highest BCUT2D eigenvalue weighted by molar-refractivity contribution is 5.86. The van der Waals surface area contributed by atoms with Gasteiger partial charge in [0.15, 0.2) is 0 Å². The van der Waals surface area contributed by atoms with Crippen molar-refractivity contribution in [2.45, 2.75) is 32.1 Å². The van der Waals surface area contributed by atoms with Crippen LogP contribution in [0, 0.1) is 17.2 Å². The zero-order valence-electron chi connectivity index (χ0n) is 18.9. The third kappa shape index (κ3) is 4.47. The second kappa shape index (κ2) is 9.27. The predicted molar refractivity (Wildman–Crippen MR) is 124 cm³/mol. The quantitative estimate of drug-likeness (QED) is 0.619. The van der Waals surface area contributed by atoms with Crippen molar-refractivity contribution in [1.82, 2.24) is 9.80 Å². The van der Waals surface area contributed by atoms with Crippen molar-refractivity contribution >= 4 is 11.8 Å². The van der Waals surface area contributed by atoms with E-state index in [1.165, 1.54) is 6.07 Å². The van der Waals surface area contributed by atoms with E-state index in [4.69, 9.17) is 0 Å². The summed E-state index contributed by atoms with van der Waals surface area (Å²) in [6.45, 7) is 0.988. The molecule has 0 saturated carbocycles. The number of allylic oxidation sites excluding steroid dienone is 2. The molecule has 1 aliphatic heterocycles. The first-order valence-electron chi connectivity index (χ1n) is 11.4. The van der Waals surface area contributed by atoms with Crippen LogP contribution in [0.4, 0.5) is 4.39 Å². The highest BCUT2D eigenvalue weighted by Gasteiger charge is 2.47. The van der Waals surface area contributed by atoms with Crippen molar-refractivity contribution in [2.75, 3.05) is 27.2 Å². The van der Waals surface area contributed by atoms with Crippen LogP contribution in [-0.2, 0) is 16.0 Å². The van der Waals surface area contributed by atoms with Gasteiger partial charge < -0.3 is 9.80 Å². The largest absolute Gasteiger partial charge is 0.348 e. The number of benzene rings is 2. The van der Waals surface area contributed by atoms with Crippen LogP contribution in [0.2, 0.25) is 0 Å². The molecule has 2 aromatic carbocycles. The fourth-order valence-corrected chi connectivity index (χ4v) is 5.15. The maximum atomic E-state index is 14.6. The van der Waals surface area contributed by atoms with E-state index < -0.39 is 5.41 Å². The summed E-state index contributed by atoms with van der Waals surface area (Å²) in [5.74, 6) is 0.180. The Balaban J connectivity index is 1.62. The molecular formula is C27H31FN2O2. The summed E-state index contributed by atoms with van der Waals surface area (Å²) < 4.78 is 14.6. The van der Waals surface area contributed by atoms with Crippen molar-refractivity contribution < 1.29 is 14.0 Å². The van der Waals surface area contributed by atoms with Crippen LogP contribution in [0.15, 0.2) is 60.7 Å². The predicted octanol–water partition coefficient (Wildman–Crippen LogP) is 4.70. The molecule has 0 radical (unpaired) electrons. The Labute approximate surface area is 189 Å². The van der Waals surface area contributed by atoms with Gasteiger partial charge in [-0.25, -0.2) is 4.39 Å². The van der Waals surface area contributed by atoms with E-state index >= 15 is 0 Å². The van der Waals surface area contributed by atoms with Gasteiger partial charge in [-0.05, 0) is 48.8 Å². The summed E-state index contributed by atoms with van der Waals surface area (Å²) in [5, 5.41) is 0. The average Bonchev–Trinajstić information content (AvgIpc) is 3.45. The Morgan fingerprint density at radius 2 is 1.81 bits per heavy atom. The smallest absolute Gasteiger partial charge is 0.230 e. The molecule has 4 nitrogen and oxygen atoms in total. The molecule has 168 valence electrons. The van der Waals surface area contributed by atoms with Crippen LogP contribution in [0.25, 0.3) is 11.1 Å². The highest BCUT2D eigenvalue weighted by atomic mass is 19.1. The van der Waals surface area contributed by atoms with Crippen LogP contribution >= 0.6 is 0 Å². The van der Waals surface area contributed by atoms with E-state index in [2.05, 4.69) is 12.2 Å². The van der Waals surface area contributed by atoms with E-state index in [-0.39, 0.29) is 17.6 Å². The number of likely N-dealkylation sites (tertiary alicyclic amines) is 1. The van der Waals surface area contributed by atoms with Gasteiger partial charge in [-0.2, -0.15) is 0 Å². The van der Waals surface area contributed by atoms with Crippen LogP contribution in [0.1, 0.15) is 31.2 Å². The molecule has 0 spiro atoms. The Hall–Kier alpha value is -2.95. The Kier molecular flexibility index (Phi) is 6.45. The summed E-state index contributed by atoms with van der Waals surface area (Å²) in [4.78, 5) is 29.9. The van der Waals surface area contributed by atoms with E-state index in [0.717, 1.165) is 24.0 Å². The third-order valence-electron chi connectivity index (χ3n) is 6.83. The molecule has 1 heterocycles. The molecular weight excluding hydrogens is 403 g/mol. The highest BCUT2D eigenvalue weighted by Crippen LogP contribution is 2.39. The number of hydrogen-bond acceptors (Lipinski definition) is 2. The lowest BCUT2D eigenvalue weighted by Gasteiger charge is -2.32. The molecule has 2 aromatic rings. The summed E-state index contributed by atoms with van der Waals surface area (Å²) >= 11 is 0. The van der Waals surface area contributed by atoms with Gasteiger partial charge in [-0.1, -0.05) is 54.6 Å². The van der Waals surface area contributed by atoms with Crippen molar-refractivity contribution in [2.24, 2.45) is 11.3 Å². The fraction of sp³-hybridized carbons (Fsp3) is 0.407. The molecule has 0 bridgehead atoms. The van der Waals surface area contributed by atoms with Gasteiger partial charge in [0.2, 0.25) is 11.8 Å². The summed E-state index contributed by atoms with van der Waals surface area (Å²) in [5.41, 5.74) is 1.57. The SMILES string of the molecule is CN(C)C(=O)[C@]1(Cc2ccccc2-c2ccccc2F)CCN(C(=O)C[C@H]2C=CCC2)C1. The molecule has 2 amide bonds. The van der Waals surface area contributed by atoms with E-state index in [0.29, 0.717) is 43.8 Å². The van der Waals surface area contributed by atoms with Crippen molar-refractivity contribution in [3.63, 3.8) is 0 Å². The molecule has 5 heteroatoms. The van der Waals surface area contributed by atoms with Gasteiger partial charge in [-0.15, -0.1) is 0 Å².